The van der Waals surface area contributed by atoms with E-state index in [-0.39, 0.29) is 0 Å². The number of ether oxygens (including phenoxy) is 1. The maximum Gasteiger partial charge on any atom is 0.0557 e. The van der Waals surface area contributed by atoms with E-state index < -0.39 is 0 Å². The van der Waals surface area contributed by atoms with E-state index in [2.05, 4.69) is 34.5 Å². The van der Waals surface area contributed by atoms with Gasteiger partial charge >= 0.3 is 0 Å². The topological polar surface area (TPSA) is 24.5 Å². The van der Waals surface area contributed by atoms with E-state index in [1.165, 1.54) is 37.2 Å². The molecule has 2 heterocycles. The van der Waals surface area contributed by atoms with E-state index in [9.17, 15) is 0 Å². The molecular formula is C15H22N2O. The van der Waals surface area contributed by atoms with E-state index >= 15 is 0 Å². The van der Waals surface area contributed by atoms with Crippen molar-refractivity contribution in [1.29, 1.82) is 0 Å². The van der Waals surface area contributed by atoms with Gasteiger partial charge in [0.2, 0.25) is 0 Å². The van der Waals surface area contributed by atoms with Gasteiger partial charge in [-0.15, -0.1) is 0 Å². The Morgan fingerprint density at radius 2 is 2.06 bits per heavy atom. The fourth-order valence-electron chi connectivity index (χ4n) is 2.65. The van der Waals surface area contributed by atoms with Gasteiger partial charge in [0, 0.05) is 38.6 Å². The third-order valence-corrected chi connectivity index (χ3v) is 3.99. The van der Waals surface area contributed by atoms with E-state index in [1.807, 2.05) is 0 Å². The lowest BCUT2D eigenvalue weighted by Crippen LogP contribution is -2.44. The molecule has 0 amide bonds. The van der Waals surface area contributed by atoms with Gasteiger partial charge in [0.05, 0.1) is 13.2 Å². The molecule has 0 spiro atoms. The summed E-state index contributed by atoms with van der Waals surface area (Å²) >= 11 is 0. The van der Waals surface area contributed by atoms with Crippen molar-refractivity contribution >= 4 is 0 Å². The molecule has 1 aromatic carbocycles. The summed E-state index contributed by atoms with van der Waals surface area (Å²) in [6.45, 7) is 7.65. The molecule has 0 atom stereocenters. The summed E-state index contributed by atoms with van der Waals surface area (Å²) in [6.07, 6.45) is 1.17. The molecule has 3 rings (SSSR count). The highest BCUT2D eigenvalue weighted by molar-refractivity contribution is 5.27. The largest absolute Gasteiger partial charge is 0.380 e. The molecule has 98 valence electrons. The van der Waals surface area contributed by atoms with Crippen LogP contribution in [0.15, 0.2) is 24.3 Å². The molecule has 0 aliphatic carbocycles. The molecule has 2 aliphatic heterocycles. The average molecular weight is 246 g/mol. The zero-order chi connectivity index (χ0) is 12.2. The third-order valence-electron chi connectivity index (χ3n) is 3.99. The van der Waals surface area contributed by atoms with Gasteiger partial charge in [-0.3, -0.25) is 0 Å². The smallest absolute Gasteiger partial charge is 0.0557 e. The Morgan fingerprint density at radius 3 is 2.78 bits per heavy atom. The summed E-state index contributed by atoms with van der Waals surface area (Å²) in [4.78, 5) is 2.55. The average Bonchev–Trinajstić information content (AvgIpc) is 2.36. The summed E-state index contributed by atoms with van der Waals surface area (Å²) in [5.74, 6) is 0.643. The molecule has 2 fully saturated rings. The van der Waals surface area contributed by atoms with Gasteiger partial charge in [0.25, 0.3) is 0 Å². The van der Waals surface area contributed by atoms with E-state index in [1.54, 1.807) is 0 Å². The Labute approximate surface area is 109 Å². The third kappa shape index (κ3) is 2.91. The van der Waals surface area contributed by atoms with Gasteiger partial charge in [-0.2, -0.15) is 0 Å². The summed E-state index contributed by atoms with van der Waals surface area (Å²) in [5, 5.41) is 3.40. The second-order valence-corrected chi connectivity index (χ2v) is 5.32. The van der Waals surface area contributed by atoms with Crippen molar-refractivity contribution in [3.05, 3.63) is 35.4 Å². The molecule has 0 radical (unpaired) electrons. The first-order valence-electron chi connectivity index (χ1n) is 7.01. The lowest BCUT2D eigenvalue weighted by Gasteiger charge is -2.28. The van der Waals surface area contributed by atoms with Crippen molar-refractivity contribution in [2.45, 2.75) is 12.3 Å². The maximum absolute atomic E-state index is 5.27. The number of hydrogen-bond donors (Lipinski definition) is 1. The van der Waals surface area contributed by atoms with E-state index in [0.29, 0.717) is 5.92 Å². The zero-order valence-electron chi connectivity index (χ0n) is 10.9. The zero-order valence-corrected chi connectivity index (χ0v) is 10.9. The van der Waals surface area contributed by atoms with Crippen LogP contribution in [-0.2, 0) is 11.2 Å². The van der Waals surface area contributed by atoms with Crippen molar-refractivity contribution in [3.8, 4) is 0 Å². The fraction of sp³-hybridized carbons (Fsp3) is 0.600. The molecule has 0 bridgehead atoms. The Hall–Kier alpha value is -0.900. The summed E-state index contributed by atoms with van der Waals surface area (Å²) in [5.41, 5.74) is 2.93. The normalized spacial score (nSPS) is 21.8. The molecule has 3 heteroatoms. The van der Waals surface area contributed by atoms with Crippen LogP contribution in [0.5, 0.6) is 0 Å². The monoisotopic (exact) mass is 246 g/mol. The van der Waals surface area contributed by atoms with Crippen molar-refractivity contribution in [2.24, 2.45) is 0 Å². The van der Waals surface area contributed by atoms with Gasteiger partial charge in [-0.25, -0.2) is 0 Å². The molecule has 0 saturated carbocycles. The maximum atomic E-state index is 5.27. The minimum absolute atomic E-state index is 0.643. The summed E-state index contributed by atoms with van der Waals surface area (Å²) in [6, 6.07) is 9.06. The molecule has 1 N–H and O–H groups in total. The Bertz CT molecular complexity index is 384. The fourth-order valence-corrected chi connectivity index (χ4v) is 2.65. The molecule has 0 unspecified atom stereocenters. The standard InChI is InChI=1S/C15H22N2O/c1-2-13(4-7-17-8-5-16-6-9-17)10-14(3-1)15-11-18-12-15/h1-3,10,15-16H,4-9,11-12H2. The number of nitrogens with one attached hydrogen (secondary N) is 1. The molecule has 3 nitrogen and oxygen atoms in total. The van der Waals surface area contributed by atoms with Gasteiger partial charge in [-0.1, -0.05) is 24.3 Å². The van der Waals surface area contributed by atoms with Crippen LogP contribution < -0.4 is 5.32 Å². The van der Waals surface area contributed by atoms with Gasteiger partial charge in [-0.05, 0) is 17.5 Å². The molecule has 1 aromatic rings. The predicted octanol–water partition coefficient (Wildman–Crippen LogP) is 1.25. The minimum atomic E-state index is 0.643. The molecular weight excluding hydrogens is 224 g/mol. The van der Waals surface area contributed by atoms with Crippen molar-refractivity contribution < 1.29 is 4.74 Å². The van der Waals surface area contributed by atoms with Crippen LogP contribution in [0.2, 0.25) is 0 Å². The highest BCUT2D eigenvalue weighted by Gasteiger charge is 2.20. The Kier molecular flexibility index (Phi) is 3.93. The molecule has 2 saturated heterocycles. The van der Waals surface area contributed by atoms with Crippen LogP contribution >= 0.6 is 0 Å². The second-order valence-electron chi connectivity index (χ2n) is 5.32. The first kappa shape index (κ1) is 12.2. The minimum Gasteiger partial charge on any atom is -0.380 e. The quantitative estimate of drug-likeness (QED) is 0.865. The summed E-state index contributed by atoms with van der Waals surface area (Å²) in [7, 11) is 0. The predicted molar refractivity (Wildman–Crippen MR) is 73.0 cm³/mol. The van der Waals surface area contributed by atoms with Gasteiger partial charge in [0.15, 0.2) is 0 Å². The van der Waals surface area contributed by atoms with Gasteiger partial charge in [0.1, 0.15) is 0 Å². The van der Waals surface area contributed by atoms with Crippen molar-refractivity contribution in [1.82, 2.24) is 10.2 Å². The van der Waals surface area contributed by atoms with Crippen molar-refractivity contribution in [2.75, 3.05) is 45.9 Å². The highest BCUT2D eigenvalue weighted by atomic mass is 16.5. The van der Waals surface area contributed by atoms with Crippen LogP contribution in [0.4, 0.5) is 0 Å². The second kappa shape index (κ2) is 5.83. The van der Waals surface area contributed by atoms with Crippen LogP contribution in [0.25, 0.3) is 0 Å². The van der Waals surface area contributed by atoms with Gasteiger partial charge < -0.3 is 15.0 Å². The SMILES string of the molecule is c1cc(CCN2CCNCC2)cc(C2COC2)c1. The number of benzene rings is 1. The highest BCUT2D eigenvalue weighted by Crippen LogP contribution is 2.24. The Morgan fingerprint density at radius 1 is 1.22 bits per heavy atom. The number of piperazine rings is 1. The lowest BCUT2D eigenvalue weighted by molar-refractivity contribution is 0.00839. The van der Waals surface area contributed by atoms with Crippen LogP contribution in [0, 0.1) is 0 Å². The van der Waals surface area contributed by atoms with Crippen molar-refractivity contribution in [3.63, 3.8) is 0 Å². The van der Waals surface area contributed by atoms with Crippen LogP contribution in [0.3, 0.4) is 0 Å². The molecule has 0 aromatic heterocycles. The van der Waals surface area contributed by atoms with Crippen LogP contribution in [-0.4, -0.2) is 50.8 Å². The first-order chi connectivity index (χ1) is 8.92. The molecule has 2 aliphatic rings. The number of hydrogen-bond acceptors (Lipinski definition) is 3. The number of rotatable bonds is 4. The first-order valence-corrected chi connectivity index (χ1v) is 7.01. The summed E-state index contributed by atoms with van der Waals surface area (Å²) < 4.78 is 5.27. The lowest BCUT2D eigenvalue weighted by atomic mass is 9.95. The van der Waals surface area contributed by atoms with Crippen LogP contribution in [0.1, 0.15) is 17.0 Å². The Balaban J connectivity index is 1.54. The van der Waals surface area contributed by atoms with E-state index in [0.717, 1.165) is 26.3 Å². The number of nitrogens with zero attached hydrogens (tertiary/aromatic N) is 1. The van der Waals surface area contributed by atoms with E-state index in [4.69, 9.17) is 4.74 Å². The molecule has 18 heavy (non-hydrogen) atoms.